The van der Waals surface area contributed by atoms with Crippen LogP contribution in [0.2, 0.25) is 0 Å². The molecule has 2 fully saturated rings. The van der Waals surface area contributed by atoms with E-state index >= 15 is 0 Å². The second kappa shape index (κ2) is 7.17. The van der Waals surface area contributed by atoms with E-state index in [-0.39, 0.29) is 6.04 Å². The van der Waals surface area contributed by atoms with Crippen molar-refractivity contribution >= 4 is 10.0 Å². The fraction of sp³-hybridized carbons (Fsp3) is 0.455. The second-order valence-corrected chi connectivity index (χ2v) is 10.1. The number of sulfonamides is 1. The van der Waals surface area contributed by atoms with Crippen LogP contribution in [0, 0.1) is 25.7 Å². The summed E-state index contributed by atoms with van der Waals surface area (Å²) in [4.78, 5) is 2.81. The molecule has 2 aromatic carbocycles. The highest BCUT2D eigenvalue weighted by Crippen LogP contribution is 2.45. The SMILES string of the molecule is COc1ccc([C@@H]2[C@@H]3CN(S(=O)(=O)c4cc(C)ccc4C)C[C@@H]3CN2C)cc1. The lowest BCUT2D eigenvalue weighted by Gasteiger charge is -2.27. The van der Waals surface area contributed by atoms with E-state index in [2.05, 4.69) is 24.1 Å². The molecule has 0 bridgehead atoms. The van der Waals surface area contributed by atoms with Gasteiger partial charge >= 0.3 is 0 Å². The van der Waals surface area contributed by atoms with Gasteiger partial charge in [-0.05, 0) is 67.6 Å². The maximum Gasteiger partial charge on any atom is 0.243 e. The van der Waals surface area contributed by atoms with E-state index < -0.39 is 10.0 Å². The van der Waals surface area contributed by atoms with Crippen molar-refractivity contribution in [1.82, 2.24) is 9.21 Å². The summed E-state index contributed by atoms with van der Waals surface area (Å²) in [6.07, 6.45) is 0. The molecule has 6 heteroatoms. The maximum absolute atomic E-state index is 13.3. The van der Waals surface area contributed by atoms with Gasteiger partial charge in [0.15, 0.2) is 0 Å². The van der Waals surface area contributed by atoms with Gasteiger partial charge < -0.3 is 4.74 Å². The number of rotatable bonds is 4. The first kappa shape index (κ1) is 19.4. The Balaban J connectivity index is 1.61. The van der Waals surface area contributed by atoms with E-state index in [1.54, 1.807) is 17.5 Å². The maximum atomic E-state index is 13.3. The van der Waals surface area contributed by atoms with E-state index in [0.717, 1.165) is 23.4 Å². The lowest BCUT2D eigenvalue weighted by molar-refractivity contribution is 0.261. The lowest BCUT2D eigenvalue weighted by Crippen LogP contribution is -2.33. The molecule has 0 aliphatic carbocycles. The predicted molar refractivity (Wildman–Crippen MR) is 110 cm³/mol. The van der Waals surface area contributed by atoms with Gasteiger partial charge in [-0.1, -0.05) is 24.3 Å². The van der Waals surface area contributed by atoms with Gasteiger partial charge in [-0.3, -0.25) is 4.90 Å². The van der Waals surface area contributed by atoms with Crippen molar-refractivity contribution in [2.75, 3.05) is 33.8 Å². The normalized spacial score (nSPS) is 25.8. The Bertz CT molecular complexity index is 972. The zero-order valence-electron chi connectivity index (χ0n) is 16.9. The molecule has 2 saturated heterocycles. The van der Waals surface area contributed by atoms with E-state index in [4.69, 9.17) is 4.74 Å². The van der Waals surface area contributed by atoms with Crippen molar-refractivity contribution in [2.24, 2.45) is 11.8 Å². The van der Waals surface area contributed by atoms with Gasteiger partial charge in [0.2, 0.25) is 10.0 Å². The monoisotopic (exact) mass is 400 g/mol. The molecular formula is C22H28N2O3S. The lowest BCUT2D eigenvalue weighted by atomic mass is 9.89. The Labute approximate surface area is 168 Å². The van der Waals surface area contributed by atoms with Crippen LogP contribution in [0.15, 0.2) is 47.4 Å². The molecule has 0 amide bonds. The minimum atomic E-state index is -3.47. The zero-order chi connectivity index (χ0) is 20.1. The third kappa shape index (κ3) is 3.23. The van der Waals surface area contributed by atoms with Crippen molar-refractivity contribution in [1.29, 1.82) is 0 Å². The van der Waals surface area contributed by atoms with Gasteiger partial charge in [-0.15, -0.1) is 0 Å². The number of fused-ring (bicyclic) bond motifs is 1. The van der Waals surface area contributed by atoms with Crippen LogP contribution in [0.1, 0.15) is 22.7 Å². The van der Waals surface area contributed by atoms with Crippen LogP contribution >= 0.6 is 0 Å². The first-order chi connectivity index (χ1) is 13.3. The molecule has 2 aliphatic rings. The first-order valence-electron chi connectivity index (χ1n) is 9.73. The van der Waals surface area contributed by atoms with E-state index in [9.17, 15) is 8.42 Å². The summed E-state index contributed by atoms with van der Waals surface area (Å²) in [5.74, 6) is 1.50. The molecule has 3 atom stereocenters. The molecule has 0 radical (unpaired) electrons. The van der Waals surface area contributed by atoms with Gasteiger partial charge in [0.1, 0.15) is 5.75 Å². The standard InChI is InChI=1S/C22H28N2O3S/c1-15-5-6-16(2)21(11-15)28(25,26)24-13-18-12-23(3)22(20(18)14-24)17-7-9-19(27-4)10-8-17/h5-11,18,20,22H,12-14H2,1-4H3/t18-,20+,22+/m0/s1. The Kier molecular flexibility index (Phi) is 4.98. The van der Waals surface area contributed by atoms with Crippen LogP contribution in [0.25, 0.3) is 0 Å². The summed E-state index contributed by atoms with van der Waals surface area (Å²) in [6, 6.07) is 14.1. The molecule has 4 rings (SSSR count). The van der Waals surface area contributed by atoms with Crippen LogP contribution in [0.3, 0.4) is 0 Å². The molecule has 2 aliphatic heterocycles. The van der Waals surface area contributed by atoms with Crippen LogP contribution in [0.4, 0.5) is 0 Å². The molecule has 0 unspecified atom stereocenters. The molecule has 28 heavy (non-hydrogen) atoms. The molecule has 2 aromatic rings. The number of methoxy groups -OCH3 is 1. The summed E-state index contributed by atoms with van der Waals surface area (Å²) < 4.78 is 33.7. The predicted octanol–water partition coefficient (Wildman–Crippen LogP) is 3.24. The zero-order valence-corrected chi connectivity index (χ0v) is 17.7. The van der Waals surface area contributed by atoms with Gasteiger partial charge in [0.05, 0.1) is 12.0 Å². The van der Waals surface area contributed by atoms with E-state index in [1.807, 2.05) is 38.1 Å². The third-order valence-corrected chi connectivity index (χ3v) is 8.25. The second-order valence-electron chi connectivity index (χ2n) is 8.17. The quantitative estimate of drug-likeness (QED) is 0.791. The summed E-state index contributed by atoms with van der Waals surface area (Å²) in [7, 11) is 0.329. The first-order valence-corrected chi connectivity index (χ1v) is 11.2. The summed E-state index contributed by atoms with van der Waals surface area (Å²) in [6.45, 7) is 5.89. The van der Waals surface area contributed by atoms with Gasteiger partial charge in [-0.25, -0.2) is 8.42 Å². The average molecular weight is 401 g/mol. The fourth-order valence-electron chi connectivity index (χ4n) is 4.84. The summed E-state index contributed by atoms with van der Waals surface area (Å²) in [5, 5.41) is 0. The Hall–Kier alpha value is -1.89. The number of hydrogen-bond donors (Lipinski definition) is 0. The van der Waals surface area contributed by atoms with Crippen LogP contribution < -0.4 is 4.74 Å². The Morgan fingerprint density at radius 1 is 1.00 bits per heavy atom. The average Bonchev–Trinajstić information content (AvgIpc) is 3.21. The number of benzene rings is 2. The number of likely N-dealkylation sites (tertiary alicyclic amines) is 1. The molecule has 150 valence electrons. The van der Waals surface area contributed by atoms with Crippen molar-refractivity contribution in [2.45, 2.75) is 24.8 Å². The highest BCUT2D eigenvalue weighted by Gasteiger charge is 2.49. The largest absolute Gasteiger partial charge is 0.497 e. The molecule has 0 N–H and O–H groups in total. The molecule has 0 spiro atoms. The summed E-state index contributed by atoms with van der Waals surface area (Å²) >= 11 is 0. The van der Waals surface area contributed by atoms with Gasteiger partial charge in [0.25, 0.3) is 0 Å². The van der Waals surface area contributed by atoms with Crippen LogP contribution in [-0.2, 0) is 10.0 Å². The fourth-order valence-corrected chi connectivity index (χ4v) is 6.68. The number of nitrogens with zero attached hydrogens (tertiary/aromatic N) is 2. The minimum Gasteiger partial charge on any atom is -0.497 e. The molecule has 2 heterocycles. The molecule has 0 aromatic heterocycles. The third-order valence-electron chi connectivity index (χ3n) is 6.28. The highest BCUT2D eigenvalue weighted by molar-refractivity contribution is 7.89. The number of hydrogen-bond acceptors (Lipinski definition) is 4. The van der Waals surface area contributed by atoms with E-state index in [0.29, 0.717) is 29.8 Å². The molecule has 5 nitrogen and oxygen atoms in total. The van der Waals surface area contributed by atoms with Gasteiger partial charge in [-0.2, -0.15) is 4.31 Å². The van der Waals surface area contributed by atoms with Crippen molar-refractivity contribution in [3.8, 4) is 5.75 Å². The smallest absolute Gasteiger partial charge is 0.243 e. The van der Waals surface area contributed by atoms with E-state index in [1.165, 1.54) is 5.56 Å². The highest BCUT2D eigenvalue weighted by atomic mass is 32.2. The minimum absolute atomic E-state index is 0.231. The number of aryl methyl sites for hydroxylation is 2. The molecule has 0 saturated carbocycles. The van der Waals surface area contributed by atoms with Crippen molar-refractivity contribution in [3.63, 3.8) is 0 Å². The number of ether oxygens (including phenoxy) is 1. The molecular weight excluding hydrogens is 372 g/mol. The van der Waals surface area contributed by atoms with Gasteiger partial charge in [0, 0.05) is 25.7 Å². The Morgan fingerprint density at radius 2 is 1.71 bits per heavy atom. The van der Waals surface area contributed by atoms with Crippen LogP contribution in [-0.4, -0.2) is 51.4 Å². The van der Waals surface area contributed by atoms with Crippen molar-refractivity contribution < 1.29 is 13.2 Å². The topological polar surface area (TPSA) is 49.9 Å². The summed E-state index contributed by atoms with van der Waals surface area (Å²) in [5.41, 5.74) is 3.01. The van der Waals surface area contributed by atoms with Crippen molar-refractivity contribution in [3.05, 3.63) is 59.2 Å². The van der Waals surface area contributed by atoms with Crippen LogP contribution in [0.5, 0.6) is 5.75 Å². The Morgan fingerprint density at radius 3 is 2.39 bits per heavy atom.